The van der Waals surface area contributed by atoms with E-state index in [9.17, 15) is 4.79 Å². The minimum Gasteiger partial charge on any atom is -0.478 e. The average Bonchev–Trinajstić information content (AvgIpc) is 3.17. The molecular formula is C14H9ClN4O3. The Morgan fingerprint density at radius 1 is 1.27 bits per heavy atom. The maximum Gasteiger partial charge on any atom is 0.337 e. The van der Waals surface area contributed by atoms with Crippen molar-refractivity contribution >= 4 is 23.8 Å². The van der Waals surface area contributed by atoms with Crippen molar-refractivity contribution in [1.82, 2.24) is 14.9 Å². The van der Waals surface area contributed by atoms with Gasteiger partial charge in [-0.05, 0) is 30.3 Å². The van der Waals surface area contributed by atoms with E-state index in [2.05, 4.69) is 15.3 Å². The highest BCUT2D eigenvalue weighted by atomic mass is 35.5. The number of aromatic nitrogens is 3. The maximum absolute atomic E-state index is 11.1. The molecule has 2 aromatic heterocycles. The first kappa shape index (κ1) is 14.0. The minimum atomic E-state index is -1.09. The van der Waals surface area contributed by atoms with Gasteiger partial charge in [0.1, 0.15) is 24.2 Å². The van der Waals surface area contributed by atoms with Gasteiger partial charge in [-0.3, -0.25) is 0 Å². The third-order valence-electron chi connectivity index (χ3n) is 2.83. The number of hydrogen-bond donors (Lipinski definition) is 1. The van der Waals surface area contributed by atoms with Crippen LogP contribution in [0.15, 0.2) is 52.5 Å². The normalized spacial score (nSPS) is 11.1. The van der Waals surface area contributed by atoms with Crippen molar-refractivity contribution in [2.75, 3.05) is 0 Å². The molecule has 0 spiro atoms. The van der Waals surface area contributed by atoms with Gasteiger partial charge in [0, 0.05) is 5.56 Å². The quantitative estimate of drug-likeness (QED) is 0.747. The fraction of sp³-hybridized carbons (Fsp3) is 0. The van der Waals surface area contributed by atoms with Gasteiger partial charge < -0.3 is 9.52 Å². The summed E-state index contributed by atoms with van der Waals surface area (Å²) < 4.78 is 7.03. The van der Waals surface area contributed by atoms with E-state index in [0.29, 0.717) is 17.1 Å². The Morgan fingerprint density at radius 3 is 2.77 bits per heavy atom. The molecule has 0 saturated carbocycles. The predicted molar refractivity (Wildman–Crippen MR) is 79.1 cm³/mol. The zero-order chi connectivity index (χ0) is 15.5. The smallest absolute Gasteiger partial charge is 0.337 e. The third-order valence-corrected chi connectivity index (χ3v) is 3.16. The molecule has 0 atom stereocenters. The van der Waals surface area contributed by atoms with E-state index in [1.165, 1.54) is 35.7 Å². The van der Waals surface area contributed by atoms with Gasteiger partial charge in [0.05, 0.1) is 16.8 Å². The second-order valence-electron chi connectivity index (χ2n) is 4.29. The number of rotatable bonds is 4. The van der Waals surface area contributed by atoms with Crippen molar-refractivity contribution in [2.45, 2.75) is 0 Å². The highest BCUT2D eigenvalue weighted by molar-refractivity contribution is 6.33. The third kappa shape index (κ3) is 2.89. The second kappa shape index (κ2) is 5.82. The van der Waals surface area contributed by atoms with Crippen LogP contribution in [0, 0.1) is 0 Å². The van der Waals surface area contributed by atoms with E-state index in [1.807, 2.05) is 0 Å². The van der Waals surface area contributed by atoms with Gasteiger partial charge in [0.15, 0.2) is 0 Å². The van der Waals surface area contributed by atoms with Gasteiger partial charge in [-0.15, -0.1) is 10.2 Å². The van der Waals surface area contributed by atoms with Crippen LogP contribution in [0.3, 0.4) is 0 Å². The second-order valence-corrected chi connectivity index (χ2v) is 4.70. The van der Waals surface area contributed by atoms with E-state index in [-0.39, 0.29) is 10.6 Å². The van der Waals surface area contributed by atoms with Crippen molar-refractivity contribution in [3.05, 3.63) is 59.3 Å². The van der Waals surface area contributed by atoms with Crippen LogP contribution >= 0.6 is 11.6 Å². The molecule has 0 unspecified atom stereocenters. The highest BCUT2D eigenvalue weighted by Gasteiger charge is 2.12. The lowest BCUT2D eigenvalue weighted by Crippen LogP contribution is -1.97. The molecule has 0 aliphatic rings. The summed E-state index contributed by atoms with van der Waals surface area (Å²) in [6.07, 6.45) is 4.39. The molecule has 0 bridgehead atoms. The van der Waals surface area contributed by atoms with Crippen molar-refractivity contribution in [2.24, 2.45) is 5.10 Å². The van der Waals surface area contributed by atoms with Gasteiger partial charge in [-0.1, -0.05) is 11.6 Å². The highest BCUT2D eigenvalue weighted by Crippen LogP contribution is 2.26. The minimum absolute atomic E-state index is 0.0234. The van der Waals surface area contributed by atoms with Crippen molar-refractivity contribution < 1.29 is 14.3 Å². The number of carboxylic acid groups (broad SMARTS) is 1. The van der Waals surface area contributed by atoms with Gasteiger partial charge in [-0.25, -0.2) is 9.47 Å². The lowest BCUT2D eigenvalue weighted by atomic mass is 10.1. The summed E-state index contributed by atoms with van der Waals surface area (Å²) in [5, 5.41) is 20.6. The molecule has 22 heavy (non-hydrogen) atoms. The molecule has 3 rings (SSSR count). The Labute approximate surface area is 129 Å². The molecule has 3 aromatic rings. The lowest BCUT2D eigenvalue weighted by Gasteiger charge is -2.01. The van der Waals surface area contributed by atoms with Crippen LogP contribution in [0.5, 0.6) is 0 Å². The van der Waals surface area contributed by atoms with E-state index in [4.69, 9.17) is 21.1 Å². The van der Waals surface area contributed by atoms with E-state index >= 15 is 0 Å². The Balaban J connectivity index is 1.87. The molecule has 110 valence electrons. The number of furan rings is 1. The molecule has 0 saturated heterocycles. The summed E-state index contributed by atoms with van der Waals surface area (Å²) in [4.78, 5) is 11.1. The Kier molecular flexibility index (Phi) is 3.71. The van der Waals surface area contributed by atoms with Crippen LogP contribution in [0.1, 0.15) is 16.1 Å². The molecule has 0 aliphatic carbocycles. The fourth-order valence-electron chi connectivity index (χ4n) is 1.80. The number of aromatic carboxylic acids is 1. The van der Waals surface area contributed by atoms with E-state index in [0.717, 1.165) is 0 Å². The number of nitrogens with zero attached hydrogens (tertiary/aromatic N) is 4. The van der Waals surface area contributed by atoms with Gasteiger partial charge in [-0.2, -0.15) is 5.10 Å². The van der Waals surface area contributed by atoms with Gasteiger partial charge in [0.25, 0.3) is 0 Å². The first-order chi connectivity index (χ1) is 10.6. The first-order valence-corrected chi connectivity index (χ1v) is 6.53. The van der Waals surface area contributed by atoms with Gasteiger partial charge in [0.2, 0.25) is 0 Å². The van der Waals surface area contributed by atoms with Crippen molar-refractivity contribution in [3.8, 4) is 11.3 Å². The molecular weight excluding hydrogens is 308 g/mol. The van der Waals surface area contributed by atoms with Crippen molar-refractivity contribution in [3.63, 3.8) is 0 Å². The first-order valence-electron chi connectivity index (χ1n) is 6.15. The topological polar surface area (TPSA) is 93.5 Å². The molecule has 8 heteroatoms. The molecule has 1 N–H and O–H groups in total. The standard InChI is InChI=1S/C14H9ClN4O3/c15-12-3-1-9(5-11(12)14(20)21)13-4-2-10(22-13)6-18-19-7-16-17-8-19/h1-8H,(H,20,21)/b18-6+. The molecule has 0 aliphatic heterocycles. The molecule has 0 amide bonds. The summed E-state index contributed by atoms with van der Waals surface area (Å²) in [5.74, 6) is -0.0623. The zero-order valence-corrected chi connectivity index (χ0v) is 11.8. The SMILES string of the molecule is O=C(O)c1cc(-c2ccc(/C=N/n3cnnc3)o2)ccc1Cl. The fourth-order valence-corrected chi connectivity index (χ4v) is 2.00. The largest absolute Gasteiger partial charge is 0.478 e. The van der Waals surface area contributed by atoms with Crippen molar-refractivity contribution in [1.29, 1.82) is 0 Å². The lowest BCUT2D eigenvalue weighted by molar-refractivity contribution is 0.0697. The number of carbonyl (C=O) groups is 1. The van der Waals surface area contributed by atoms with Crippen LogP contribution in [0.2, 0.25) is 5.02 Å². The summed E-state index contributed by atoms with van der Waals surface area (Å²) in [7, 11) is 0. The van der Waals surface area contributed by atoms with E-state index in [1.54, 1.807) is 18.2 Å². The summed E-state index contributed by atoms with van der Waals surface area (Å²) in [6.45, 7) is 0. The van der Waals surface area contributed by atoms with Crippen LogP contribution < -0.4 is 0 Å². The maximum atomic E-state index is 11.1. The van der Waals surface area contributed by atoms with E-state index < -0.39 is 5.97 Å². The number of hydrogen-bond acceptors (Lipinski definition) is 5. The Morgan fingerprint density at radius 2 is 2.05 bits per heavy atom. The molecule has 0 radical (unpaired) electrons. The van der Waals surface area contributed by atoms with Crippen LogP contribution in [0.25, 0.3) is 11.3 Å². The molecule has 0 fully saturated rings. The summed E-state index contributed by atoms with van der Waals surface area (Å²) in [6, 6.07) is 8.12. The van der Waals surface area contributed by atoms with Crippen LogP contribution in [0.4, 0.5) is 0 Å². The number of carboxylic acids is 1. The number of benzene rings is 1. The molecule has 2 heterocycles. The predicted octanol–water partition coefficient (Wildman–Crippen LogP) is 2.77. The Bertz CT molecular complexity index is 840. The van der Waals surface area contributed by atoms with Gasteiger partial charge >= 0.3 is 5.97 Å². The monoisotopic (exact) mass is 316 g/mol. The van der Waals surface area contributed by atoms with Crippen LogP contribution in [-0.4, -0.2) is 32.2 Å². The van der Waals surface area contributed by atoms with Crippen LogP contribution in [-0.2, 0) is 0 Å². The average molecular weight is 317 g/mol. The summed E-state index contributed by atoms with van der Waals surface area (Å²) >= 11 is 5.84. The molecule has 7 nitrogen and oxygen atoms in total. The zero-order valence-electron chi connectivity index (χ0n) is 11.0. The molecule has 1 aromatic carbocycles. The summed E-state index contributed by atoms with van der Waals surface area (Å²) in [5.41, 5.74) is 0.640. The number of halogens is 1. The Hall–Kier alpha value is -2.93.